The molecule has 0 saturated carbocycles. The molecule has 9 heteroatoms. The largest absolute Gasteiger partial charge is 0.358 e. The average Bonchev–Trinajstić information content (AvgIpc) is 2.95. The number of aryl methyl sites for hydroxylation is 1. The number of amides is 1. The normalized spacial score (nSPS) is 13.8. The van der Waals surface area contributed by atoms with Crippen LogP contribution in [0.1, 0.15) is 35.2 Å². The van der Waals surface area contributed by atoms with Crippen LogP contribution in [0.15, 0.2) is 82.7 Å². The molecule has 39 heavy (non-hydrogen) atoms. The second kappa shape index (κ2) is 11.4. The first-order chi connectivity index (χ1) is 18.8. The number of aromatic nitrogens is 2. The van der Waals surface area contributed by atoms with E-state index in [0.717, 1.165) is 16.8 Å². The molecule has 5 rings (SSSR count). The van der Waals surface area contributed by atoms with Crippen molar-refractivity contribution in [3.8, 4) is 5.69 Å². The van der Waals surface area contributed by atoms with Gasteiger partial charge in [-0.25, -0.2) is 4.39 Å². The molecular formula is C30H30FN5O2S. The van der Waals surface area contributed by atoms with Crippen LogP contribution in [-0.4, -0.2) is 32.8 Å². The molecule has 3 aromatic carbocycles. The van der Waals surface area contributed by atoms with Crippen molar-refractivity contribution in [1.82, 2.24) is 14.5 Å². The van der Waals surface area contributed by atoms with Gasteiger partial charge in [-0.05, 0) is 67.8 Å². The molecule has 0 aliphatic carbocycles. The number of hydrogen-bond acceptors (Lipinski definition) is 6. The molecule has 0 radical (unpaired) electrons. The molecule has 0 bridgehead atoms. The Morgan fingerprint density at radius 2 is 1.82 bits per heavy atom. The number of benzene rings is 3. The zero-order valence-electron chi connectivity index (χ0n) is 22.1. The van der Waals surface area contributed by atoms with Crippen LogP contribution in [0.2, 0.25) is 0 Å². The number of anilines is 2. The van der Waals surface area contributed by atoms with Crippen molar-refractivity contribution in [2.24, 2.45) is 0 Å². The van der Waals surface area contributed by atoms with Gasteiger partial charge < -0.3 is 10.6 Å². The lowest BCUT2D eigenvalue weighted by molar-refractivity contribution is -0.113. The summed E-state index contributed by atoms with van der Waals surface area (Å²) in [6.07, 6.45) is 0. The first-order valence-electron chi connectivity index (χ1n) is 12.8. The molecule has 1 aliphatic rings. The third-order valence-corrected chi connectivity index (χ3v) is 8.01. The van der Waals surface area contributed by atoms with E-state index in [-0.39, 0.29) is 29.1 Å². The number of halogens is 1. The summed E-state index contributed by atoms with van der Waals surface area (Å²) in [6, 6.07) is 21.9. The summed E-state index contributed by atoms with van der Waals surface area (Å²) in [4.78, 5) is 32.7. The molecule has 2 N–H and O–H groups in total. The Morgan fingerprint density at radius 3 is 2.56 bits per heavy atom. The molecule has 0 spiro atoms. The van der Waals surface area contributed by atoms with Gasteiger partial charge in [-0.1, -0.05) is 54.2 Å². The van der Waals surface area contributed by atoms with Gasteiger partial charge in [-0.3, -0.25) is 19.1 Å². The van der Waals surface area contributed by atoms with E-state index in [2.05, 4.69) is 39.6 Å². The summed E-state index contributed by atoms with van der Waals surface area (Å²) < 4.78 is 15.2. The smallest absolute Gasteiger partial charge is 0.280 e. The monoisotopic (exact) mass is 543 g/mol. The van der Waals surface area contributed by atoms with Crippen LogP contribution in [0.5, 0.6) is 0 Å². The van der Waals surface area contributed by atoms with Gasteiger partial charge in [-0.2, -0.15) is 4.98 Å². The Morgan fingerprint density at radius 1 is 1.08 bits per heavy atom. The third kappa shape index (κ3) is 5.74. The summed E-state index contributed by atoms with van der Waals surface area (Å²) >= 11 is 1.19. The van der Waals surface area contributed by atoms with Gasteiger partial charge in [-0.15, -0.1) is 0 Å². The maximum Gasteiger partial charge on any atom is 0.280 e. The van der Waals surface area contributed by atoms with Crippen molar-refractivity contribution in [3.63, 3.8) is 0 Å². The highest BCUT2D eigenvalue weighted by atomic mass is 32.2. The van der Waals surface area contributed by atoms with Gasteiger partial charge >= 0.3 is 0 Å². The molecule has 200 valence electrons. The van der Waals surface area contributed by atoms with Gasteiger partial charge in [0, 0.05) is 18.3 Å². The fourth-order valence-electron chi connectivity index (χ4n) is 4.67. The van der Waals surface area contributed by atoms with Gasteiger partial charge in [0.15, 0.2) is 5.16 Å². The van der Waals surface area contributed by atoms with Crippen LogP contribution in [0.25, 0.3) is 5.69 Å². The predicted molar refractivity (Wildman–Crippen MR) is 154 cm³/mol. The van der Waals surface area contributed by atoms with Crippen LogP contribution in [0.4, 0.5) is 15.9 Å². The number of carbonyl (C=O) groups excluding carboxylic acids is 1. The second-order valence-electron chi connectivity index (χ2n) is 9.59. The summed E-state index contributed by atoms with van der Waals surface area (Å²) in [5.74, 6) is 0.0796. The van der Waals surface area contributed by atoms with Crippen LogP contribution in [0.3, 0.4) is 0 Å². The zero-order chi connectivity index (χ0) is 27.5. The van der Waals surface area contributed by atoms with E-state index < -0.39 is 0 Å². The van der Waals surface area contributed by atoms with E-state index in [0.29, 0.717) is 35.4 Å². The Balaban J connectivity index is 1.48. The van der Waals surface area contributed by atoms with Crippen molar-refractivity contribution in [2.75, 3.05) is 23.1 Å². The first kappa shape index (κ1) is 26.6. The minimum Gasteiger partial charge on any atom is -0.358 e. The van der Waals surface area contributed by atoms with E-state index >= 15 is 0 Å². The van der Waals surface area contributed by atoms with Crippen LogP contribution >= 0.6 is 11.8 Å². The van der Waals surface area contributed by atoms with E-state index in [4.69, 9.17) is 0 Å². The maximum absolute atomic E-state index is 13.4. The van der Waals surface area contributed by atoms with Crippen molar-refractivity contribution in [1.29, 1.82) is 0 Å². The van der Waals surface area contributed by atoms with Crippen LogP contribution in [0, 0.1) is 19.7 Å². The number of fused-ring (bicyclic) bond motifs is 1. The Labute approximate surface area is 231 Å². The van der Waals surface area contributed by atoms with Crippen molar-refractivity contribution in [3.05, 3.63) is 111 Å². The molecule has 0 unspecified atom stereocenters. The van der Waals surface area contributed by atoms with Crippen LogP contribution < -0.4 is 16.2 Å². The van der Waals surface area contributed by atoms with Crippen LogP contribution in [-0.2, 0) is 11.3 Å². The van der Waals surface area contributed by atoms with E-state index in [1.807, 2.05) is 54.8 Å². The highest BCUT2D eigenvalue weighted by molar-refractivity contribution is 7.99. The predicted octanol–water partition coefficient (Wildman–Crippen LogP) is 5.67. The number of hydrogen-bond donors (Lipinski definition) is 2. The molecule has 0 saturated heterocycles. The maximum atomic E-state index is 13.4. The van der Waals surface area contributed by atoms with Gasteiger partial charge in [0.05, 0.1) is 23.7 Å². The van der Waals surface area contributed by atoms with Gasteiger partial charge in [0.25, 0.3) is 5.56 Å². The number of nitrogens with one attached hydrogen (secondary N) is 2. The Bertz CT molecular complexity index is 1560. The lowest BCUT2D eigenvalue weighted by Gasteiger charge is -2.36. The average molecular weight is 544 g/mol. The third-order valence-electron chi connectivity index (χ3n) is 7.07. The summed E-state index contributed by atoms with van der Waals surface area (Å²) in [7, 11) is 0. The highest BCUT2D eigenvalue weighted by Gasteiger charge is 2.28. The molecule has 1 atom stereocenters. The van der Waals surface area contributed by atoms with E-state index in [9.17, 15) is 14.0 Å². The number of carbonyl (C=O) groups is 1. The second-order valence-corrected chi connectivity index (χ2v) is 10.5. The quantitative estimate of drug-likeness (QED) is 0.231. The van der Waals surface area contributed by atoms with Gasteiger partial charge in [0.1, 0.15) is 11.6 Å². The number of nitrogens with zero attached hydrogens (tertiary/aromatic N) is 3. The molecule has 4 aromatic rings. The molecule has 7 nitrogen and oxygen atoms in total. The molecule has 1 aromatic heterocycles. The van der Waals surface area contributed by atoms with E-state index in [1.54, 1.807) is 0 Å². The SMILES string of the molecule is Cc1cccc(-n2c(SCC(=O)Nc3ccc(F)cc3)nc(=O)c3c2NCN([C@H](C)c2ccccc2)C3)c1C. The Hall–Kier alpha value is -3.95. The molecule has 2 heterocycles. The number of rotatable bonds is 7. The Kier molecular flexibility index (Phi) is 7.81. The minimum absolute atomic E-state index is 0.0324. The molecule has 1 amide bonds. The molecule has 1 aliphatic heterocycles. The lowest BCUT2D eigenvalue weighted by atomic mass is 10.1. The van der Waals surface area contributed by atoms with E-state index in [1.165, 1.54) is 41.6 Å². The van der Waals surface area contributed by atoms with Crippen molar-refractivity contribution in [2.45, 2.75) is 38.5 Å². The highest BCUT2D eigenvalue weighted by Crippen LogP contribution is 2.33. The first-order valence-corrected chi connectivity index (χ1v) is 13.7. The van der Waals surface area contributed by atoms with Crippen molar-refractivity contribution >= 4 is 29.2 Å². The minimum atomic E-state index is -0.373. The lowest BCUT2D eigenvalue weighted by Crippen LogP contribution is -2.40. The molecule has 0 fully saturated rings. The number of thioether (sulfide) groups is 1. The van der Waals surface area contributed by atoms with Crippen molar-refractivity contribution < 1.29 is 9.18 Å². The fraction of sp³-hybridized carbons (Fsp3) is 0.233. The summed E-state index contributed by atoms with van der Waals surface area (Å²) in [5, 5.41) is 6.69. The van der Waals surface area contributed by atoms with Gasteiger partial charge in [0.2, 0.25) is 5.91 Å². The summed E-state index contributed by atoms with van der Waals surface area (Å²) in [5.41, 5.74) is 5.02. The summed E-state index contributed by atoms with van der Waals surface area (Å²) in [6.45, 7) is 7.21. The molecular weight excluding hydrogens is 513 g/mol. The standard InChI is InChI=1S/C30H30FN5O2S/c1-19-8-7-11-26(20(19)2)36-28-25(16-35(18-32-28)21(3)22-9-5-4-6-10-22)29(38)34-30(36)39-17-27(37)33-24-14-12-23(31)13-15-24/h4-15,21,32H,16-18H2,1-3H3,(H,33,37)/t21-/m1/s1. The topological polar surface area (TPSA) is 79.3 Å². The zero-order valence-corrected chi connectivity index (χ0v) is 22.9. The fourth-order valence-corrected chi connectivity index (χ4v) is 5.47.